The molecule has 0 radical (unpaired) electrons. The second kappa shape index (κ2) is 3.24. The largest absolute Gasteiger partial charge is 0.508 e. The van der Waals surface area contributed by atoms with Crippen LogP contribution in [-0.2, 0) is 5.41 Å². The van der Waals surface area contributed by atoms with Crippen LogP contribution < -0.4 is 5.73 Å². The summed E-state index contributed by atoms with van der Waals surface area (Å²) in [5.41, 5.74) is 6.96. The molecule has 2 rings (SSSR count). The van der Waals surface area contributed by atoms with Gasteiger partial charge in [0, 0.05) is 21.5 Å². The summed E-state index contributed by atoms with van der Waals surface area (Å²) in [4.78, 5) is 0. The highest BCUT2D eigenvalue weighted by atomic mass is 79.9. The maximum absolute atomic E-state index is 9.83. The Balaban J connectivity index is 2.51. The van der Waals surface area contributed by atoms with Crippen LogP contribution in [0.4, 0.5) is 0 Å². The molecule has 3 N–H and O–H groups in total. The van der Waals surface area contributed by atoms with Crippen LogP contribution in [0.1, 0.15) is 25.3 Å². The van der Waals surface area contributed by atoms with E-state index >= 15 is 0 Å². The maximum atomic E-state index is 9.83. The number of hydrogen-bond donors (Lipinski definition) is 2. The van der Waals surface area contributed by atoms with Crippen molar-refractivity contribution >= 4 is 15.9 Å². The molecule has 1 unspecified atom stereocenters. The molecule has 1 aliphatic rings. The Labute approximate surface area is 92.3 Å². The molecule has 0 spiro atoms. The van der Waals surface area contributed by atoms with Crippen molar-refractivity contribution in [2.24, 2.45) is 5.73 Å². The van der Waals surface area contributed by atoms with Crippen molar-refractivity contribution in [3.05, 3.63) is 28.2 Å². The molecule has 0 aliphatic heterocycles. The summed E-state index contributed by atoms with van der Waals surface area (Å²) in [5, 5.41) is 9.83. The number of hydrogen-bond acceptors (Lipinski definition) is 2. The van der Waals surface area contributed by atoms with Crippen molar-refractivity contribution in [3.8, 4) is 5.75 Å². The molecule has 1 aliphatic carbocycles. The number of aromatic hydroxyl groups is 1. The highest BCUT2D eigenvalue weighted by Crippen LogP contribution is 2.55. The Morgan fingerprint density at radius 1 is 1.50 bits per heavy atom. The molecular formula is C11H14BrNO. The smallest absolute Gasteiger partial charge is 0.120 e. The zero-order valence-corrected chi connectivity index (χ0v) is 9.71. The molecule has 1 aromatic carbocycles. The zero-order chi connectivity index (χ0) is 10.3. The van der Waals surface area contributed by atoms with Gasteiger partial charge in [-0.05, 0) is 31.9 Å². The molecule has 76 valence electrons. The molecule has 0 amide bonds. The Bertz CT molecular complexity index is 338. The van der Waals surface area contributed by atoms with Crippen molar-refractivity contribution in [1.29, 1.82) is 0 Å². The van der Waals surface area contributed by atoms with E-state index in [1.165, 1.54) is 0 Å². The number of phenolic OH excluding ortho intramolecular Hbond substituents is 1. The second-order valence-electron chi connectivity index (χ2n) is 4.08. The van der Waals surface area contributed by atoms with Crippen LogP contribution in [0.5, 0.6) is 5.75 Å². The quantitative estimate of drug-likeness (QED) is 0.854. The monoisotopic (exact) mass is 255 g/mol. The summed E-state index contributed by atoms with van der Waals surface area (Å²) < 4.78 is 0.965. The van der Waals surface area contributed by atoms with Crippen LogP contribution in [0.3, 0.4) is 0 Å². The molecule has 1 fully saturated rings. The molecule has 2 nitrogen and oxygen atoms in total. The lowest BCUT2D eigenvalue weighted by Crippen LogP contribution is -2.31. The van der Waals surface area contributed by atoms with Gasteiger partial charge in [-0.15, -0.1) is 0 Å². The molecule has 3 heteroatoms. The van der Waals surface area contributed by atoms with Gasteiger partial charge in [0.25, 0.3) is 0 Å². The first-order valence-corrected chi connectivity index (χ1v) is 5.61. The fraction of sp³-hybridized carbons (Fsp3) is 0.455. The van der Waals surface area contributed by atoms with E-state index in [2.05, 4.69) is 15.9 Å². The number of halogens is 1. The minimum atomic E-state index is 0.00414. The Morgan fingerprint density at radius 2 is 2.14 bits per heavy atom. The van der Waals surface area contributed by atoms with E-state index < -0.39 is 0 Å². The average Bonchev–Trinajstić information content (AvgIpc) is 2.85. The van der Waals surface area contributed by atoms with Gasteiger partial charge in [-0.3, -0.25) is 0 Å². The van der Waals surface area contributed by atoms with Gasteiger partial charge in [0.05, 0.1) is 0 Å². The van der Waals surface area contributed by atoms with Gasteiger partial charge >= 0.3 is 0 Å². The zero-order valence-electron chi connectivity index (χ0n) is 8.13. The molecule has 1 saturated carbocycles. The number of benzene rings is 1. The first kappa shape index (κ1) is 9.99. The number of rotatable bonds is 2. The molecular weight excluding hydrogens is 242 g/mol. The minimum absolute atomic E-state index is 0.00414. The van der Waals surface area contributed by atoms with Gasteiger partial charge in [-0.2, -0.15) is 0 Å². The van der Waals surface area contributed by atoms with Gasteiger partial charge in [-0.25, -0.2) is 0 Å². The molecule has 0 bridgehead atoms. The topological polar surface area (TPSA) is 46.2 Å². The second-order valence-corrected chi connectivity index (χ2v) is 4.93. The summed E-state index contributed by atoms with van der Waals surface area (Å²) in [6, 6.07) is 5.60. The third-order valence-electron chi connectivity index (χ3n) is 3.15. The Morgan fingerprint density at radius 3 is 2.57 bits per heavy atom. The molecule has 1 atom stereocenters. The lowest BCUT2D eigenvalue weighted by molar-refractivity contribution is 0.445. The fourth-order valence-corrected chi connectivity index (χ4v) is 2.82. The standard InChI is InChI=1S/C11H14BrNO/c1-7(13)11(5-6-11)10-8(12)3-2-4-9(10)14/h2-4,7,14H,5-6,13H2,1H3. The summed E-state index contributed by atoms with van der Waals surface area (Å²) in [6.45, 7) is 2.01. The predicted octanol–water partition coefficient (Wildman–Crippen LogP) is 2.53. The van der Waals surface area contributed by atoms with Gasteiger partial charge in [-0.1, -0.05) is 22.0 Å². The maximum Gasteiger partial charge on any atom is 0.120 e. The summed E-state index contributed by atoms with van der Waals surface area (Å²) in [6.07, 6.45) is 2.14. The summed E-state index contributed by atoms with van der Waals surface area (Å²) in [7, 11) is 0. The van der Waals surface area contributed by atoms with Crippen molar-refractivity contribution < 1.29 is 5.11 Å². The van der Waals surface area contributed by atoms with Crippen LogP contribution in [0.2, 0.25) is 0 Å². The normalized spacial score (nSPS) is 20.5. The number of nitrogens with two attached hydrogens (primary N) is 1. The predicted molar refractivity (Wildman–Crippen MR) is 60.4 cm³/mol. The molecule has 0 saturated heterocycles. The molecule has 0 aromatic heterocycles. The van der Waals surface area contributed by atoms with Crippen molar-refractivity contribution in [3.63, 3.8) is 0 Å². The SMILES string of the molecule is CC(N)C1(c2c(O)cccc2Br)CC1. The van der Waals surface area contributed by atoms with Crippen LogP contribution in [0.25, 0.3) is 0 Å². The molecule has 0 heterocycles. The first-order valence-electron chi connectivity index (χ1n) is 4.81. The van der Waals surface area contributed by atoms with Crippen molar-refractivity contribution in [1.82, 2.24) is 0 Å². The minimum Gasteiger partial charge on any atom is -0.508 e. The van der Waals surface area contributed by atoms with E-state index in [4.69, 9.17) is 5.73 Å². The highest BCUT2D eigenvalue weighted by molar-refractivity contribution is 9.10. The first-order chi connectivity index (χ1) is 6.58. The van der Waals surface area contributed by atoms with E-state index in [1.807, 2.05) is 19.1 Å². The lowest BCUT2D eigenvalue weighted by atomic mass is 9.89. The van der Waals surface area contributed by atoms with E-state index in [-0.39, 0.29) is 11.5 Å². The fourth-order valence-electron chi connectivity index (χ4n) is 2.07. The van der Waals surface area contributed by atoms with Crippen molar-refractivity contribution in [2.45, 2.75) is 31.2 Å². The van der Waals surface area contributed by atoms with Crippen LogP contribution >= 0.6 is 15.9 Å². The van der Waals surface area contributed by atoms with Crippen LogP contribution in [0.15, 0.2) is 22.7 Å². The van der Waals surface area contributed by atoms with Crippen molar-refractivity contribution in [2.75, 3.05) is 0 Å². The van der Waals surface area contributed by atoms with Crippen LogP contribution in [0, 0.1) is 0 Å². The average molecular weight is 256 g/mol. The van der Waals surface area contributed by atoms with Gasteiger partial charge < -0.3 is 10.8 Å². The summed E-state index contributed by atoms with van der Waals surface area (Å²) >= 11 is 3.48. The van der Waals surface area contributed by atoms with E-state index in [0.717, 1.165) is 22.9 Å². The van der Waals surface area contributed by atoms with Gasteiger partial charge in [0.2, 0.25) is 0 Å². The van der Waals surface area contributed by atoms with Crippen LogP contribution in [-0.4, -0.2) is 11.1 Å². The third kappa shape index (κ3) is 1.35. The lowest BCUT2D eigenvalue weighted by Gasteiger charge is -2.22. The van der Waals surface area contributed by atoms with E-state index in [1.54, 1.807) is 6.07 Å². The summed E-state index contributed by atoms with van der Waals surface area (Å²) in [5.74, 6) is 0.356. The van der Waals surface area contributed by atoms with E-state index in [9.17, 15) is 5.11 Å². The Hall–Kier alpha value is -0.540. The Kier molecular flexibility index (Phi) is 2.32. The van der Waals surface area contributed by atoms with Gasteiger partial charge in [0.15, 0.2) is 0 Å². The molecule has 1 aromatic rings. The van der Waals surface area contributed by atoms with Gasteiger partial charge in [0.1, 0.15) is 5.75 Å². The van der Waals surface area contributed by atoms with E-state index in [0.29, 0.717) is 5.75 Å². The molecule has 14 heavy (non-hydrogen) atoms. The third-order valence-corrected chi connectivity index (χ3v) is 3.81. The number of phenols is 1. The highest BCUT2D eigenvalue weighted by Gasteiger charge is 2.49.